The number of nitrogens with one attached hydrogen (secondary N) is 3. The van der Waals surface area contributed by atoms with Crippen molar-refractivity contribution in [3.05, 3.63) is 59.2 Å². The molecule has 2 saturated heterocycles. The first-order valence-corrected chi connectivity index (χ1v) is 16.6. The molecule has 0 radical (unpaired) electrons. The smallest absolute Gasteiger partial charge is 0.410 e. The highest BCUT2D eigenvalue weighted by molar-refractivity contribution is 5.86. The van der Waals surface area contributed by atoms with Crippen LogP contribution in [0.2, 0.25) is 0 Å². The molecule has 3 N–H and O–H groups in total. The Morgan fingerprint density at radius 3 is 1.90 bits per heavy atom. The molecule has 4 heterocycles. The number of ether oxygens (including phenoxy) is 2. The lowest BCUT2D eigenvalue weighted by Gasteiger charge is -2.29. The fourth-order valence-electron chi connectivity index (χ4n) is 6.45. The van der Waals surface area contributed by atoms with Gasteiger partial charge in [0.2, 0.25) is 5.91 Å². The number of nitrogens with zero attached hydrogens (tertiary/aromatic N) is 4. The maximum absolute atomic E-state index is 13.5. The number of carbonyl (C=O) groups is 3. The van der Waals surface area contributed by atoms with E-state index in [4.69, 9.17) is 19.4 Å². The lowest BCUT2D eigenvalue weighted by Crippen LogP contribution is -2.51. The first-order valence-electron chi connectivity index (χ1n) is 16.6. The van der Waals surface area contributed by atoms with E-state index in [-0.39, 0.29) is 30.0 Å². The van der Waals surface area contributed by atoms with Crippen LogP contribution < -0.4 is 5.32 Å². The Kier molecular flexibility index (Phi) is 9.05. The number of aromatic nitrogens is 4. The first kappa shape index (κ1) is 32.9. The van der Waals surface area contributed by atoms with Crippen LogP contribution in [0.3, 0.4) is 0 Å². The number of methoxy groups -OCH3 is 1. The molecule has 6 rings (SSSR count). The third-order valence-electron chi connectivity index (χ3n) is 8.79. The van der Waals surface area contributed by atoms with E-state index in [0.29, 0.717) is 18.9 Å². The van der Waals surface area contributed by atoms with E-state index in [0.717, 1.165) is 64.7 Å². The number of fused-ring (bicyclic) bond motifs is 2. The Morgan fingerprint density at radius 1 is 0.875 bits per heavy atom. The largest absolute Gasteiger partial charge is 0.453 e. The van der Waals surface area contributed by atoms with Crippen molar-refractivity contribution in [2.45, 2.75) is 84.0 Å². The Bertz CT molecular complexity index is 1910. The third-order valence-corrected chi connectivity index (χ3v) is 8.79. The molecule has 252 valence electrons. The molecule has 2 aromatic heterocycles. The molecule has 2 fully saturated rings. The molecule has 0 bridgehead atoms. The summed E-state index contributed by atoms with van der Waals surface area (Å²) >= 11 is 0. The summed E-state index contributed by atoms with van der Waals surface area (Å²) in [6.45, 7) is 10.6. The van der Waals surface area contributed by atoms with Crippen LogP contribution in [-0.2, 0) is 14.3 Å². The lowest BCUT2D eigenvalue weighted by molar-refractivity contribution is -0.135. The maximum Gasteiger partial charge on any atom is 0.410 e. The minimum absolute atomic E-state index is 0.104. The van der Waals surface area contributed by atoms with Crippen LogP contribution in [0.1, 0.15) is 95.2 Å². The fraction of sp³-hybridized carbons (Fsp3) is 0.472. The van der Waals surface area contributed by atoms with Crippen LogP contribution in [0.5, 0.6) is 0 Å². The maximum atomic E-state index is 13.5. The quantitative estimate of drug-likeness (QED) is 0.226. The van der Waals surface area contributed by atoms with Gasteiger partial charge < -0.3 is 29.7 Å². The van der Waals surface area contributed by atoms with E-state index in [9.17, 15) is 14.4 Å². The second kappa shape index (κ2) is 13.2. The van der Waals surface area contributed by atoms with Crippen LogP contribution in [0.15, 0.2) is 36.4 Å². The Labute approximate surface area is 280 Å². The monoisotopic (exact) mass is 653 g/mol. The third kappa shape index (κ3) is 6.95. The fourth-order valence-corrected chi connectivity index (χ4v) is 6.45. The molecule has 3 amide bonds. The van der Waals surface area contributed by atoms with E-state index in [1.807, 2.05) is 71.0 Å². The molecule has 48 heavy (non-hydrogen) atoms. The summed E-state index contributed by atoms with van der Waals surface area (Å²) in [5.74, 6) is 7.72. The number of likely N-dealkylation sites (tertiary alicyclic amines) is 2. The summed E-state index contributed by atoms with van der Waals surface area (Å²) in [6.07, 6.45) is 2.39. The molecule has 0 spiro atoms. The van der Waals surface area contributed by atoms with Crippen LogP contribution in [0.25, 0.3) is 22.1 Å². The second-order valence-corrected chi connectivity index (χ2v) is 13.8. The molecule has 3 atom stereocenters. The highest BCUT2D eigenvalue weighted by atomic mass is 16.6. The van der Waals surface area contributed by atoms with E-state index < -0.39 is 17.7 Å². The molecular formula is C36H43N7O5. The molecule has 0 aliphatic carbocycles. The van der Waals surface area contributed by atoms with Crippen LogP contribution in [0.4, 0.5) is 9.59 Å². The number of hydrogen-bond acceptors (Lipinski definition) is 7. The average molecular weight is 654 g/mol. The summed E-state index contributed by atoms with van der Waals surface area (Å²) < 4.78 is 10.4. The van der Waals surface area contributed by atoms with Gasteiger partial charge in [-0.25, -0.2) is 19.6 Å². The van der Waals surface area contributed by atoms with Crippen molar-refractivity contribution in [2.75, 3.05) is 20.2 Å². The van der Waals surface area contributed by atoms with Crippen molar-refractivity contribution in [1.29, 1.82) is 0 Å². The zero-order valence-corrected chi connectivity index (χ0v) is 28.3. The number of amides is 3. The van der Waals surface area contributed by atoms with Crippen molar-refractivity contribution in [3.8, 4) is 11.8 Å². The molecule has 2 aliphatic heterocycles. The van der Waals surface area contributed by atoms with Gasteiger partial charge in [0, 0.05) is 24.2 Å². The Balaban J connectivity index is 1.18. The summed E-state index contributed by atoms with van der Waals surface area (Å²) in [4.78, 5) is 58.3. The number of aromatic amines is 2. The van der Waals surface area contributed by atoms with Gasteiger partial charge in [-0.2, -0.15) is 0 Å². The molecule has 0 saturated carbocycles. The predicted molar refractivity (Wildman–Crippen MR) is 181 cm³/mol. The van der Waals surface area contributed by atoms with Gasteiger partial charge in [0.05, 0.1) is 41.3 Å². The predicted octanol–water partition coefficient (Wildman–Crippen LogP) is 5.96. The lowest BCUT2D eigenvalue weighted by atomic mass is 10.0. The van der Waals surface area contributed by atoms with Crippen LogP contribution in [-0.4, -0.2) is 79.7 Å². The van der Waals surface area contributed by atoms with Gasteiger partial charge in [0.15, 0.2) is 0 Å². The van der Waals surface area contributed by atoms with Gasteiger partial charge in [-0.1, -0.05) is 25.7 Å². The first-order chi connectivity index (χ1) is 22.9. The molecule has 2 aromatic carbocycles. The number of H-pyrrole nitrogens is 2. The number of rotatable bonds is 5. The highest BCUT2D eigenvalue weighted by Gasteiger charge is 2.38. The Morgan fingerprint density at radius 2 is 1.40 bits per heavy atom. The summed E-state index contributed by atoms with van der Waals surface area (Å²) in [6, 6.07) is 10.6. The molecular weight excluding hydrogens is 610 g/mol. The van der Waals surface area contributed by atoms with Crippen molar-refractivity contribution in [1.82, 2.24) is 35.1 Å². The number of imidazole rings is 2. The standard InChI is InChI=1S/C36H43N7O5/c1-21(2)30(41-34(45)47-6)33(44)42-17-7-9-28(42)31-37-24-15-13-22(19-26(24)39-31)11-12-23-14-16-25-27(20-23)40-32(38-25)29-10-8-18-43(29)35(46)48-36(3,4)5/h13-16,19-21,28-30H,7-10,17-18H2,1-6H3,(H,37,39)(H,38,40)(H,41,45)/t28-,29-,30-/m0/s1. The highest BCUT2D eigenvalue weighted by Crippen LogP contribution is 2.34. The zero-order valence-electron chi connectivity index (χ0n) is 28.3. The SMILES string of the molecule is COC(=O)N[C@H](C(=O)N1CCC[C@H]1c1nc2cc(C#Cc3ccc4[nH]c([C@@H]5CCCN5C(=O)OC(C)(C)C)nc4c3)ccc2[nH]1)C(C)C. The van der Waals surface area contributed by atoms with E-state index in [1.165, 1.54) is 7.11 Å². The second-order valence-electron chi connectivity index (χ2n) is 13.8. The minimum Gasteiger partial charge on any atom is -0.453 e. The average Bonchev–Trinajstić information content (AvgIpc) is 3.85. The van der Waals surface area contributed by atoms with Gasteiger partial charge >= 0.3 is 12.2 Å². The molecule has 12 nitrogen and oxygen atoms in total. The van der Waals surface area contributed by atoms with Crippen molar-refractivity contribution in [2.24, 2.45) is 5.92 Å². The summed E-state index contributed by atoms with van der Waals surface area (Å²) in [7, 11) is 1.29. The minimum atomic E-state index is -0.689. The molecule has 2 aliphatic rings. The van der Waals surface area contributed by atoms with Crippen LogP contribution in [0, 0.1) is 17.8 Å². The van der Waals surface area contributed by atoms with Gasteiger partial charge in [-0.15, -0.1) is 0 Å². The van der Waals surface area contributed by atoms with Crippen molar-refractivity contribution < 1.29 is 23.9 Å². The molecule has 4 aromatic rings. The van der Waals surface area contributed by atoms with E-state index in [1.54, 1.807) is 9.80 Å². The number of benzene rings is 2. The van der Waals surface area contributed by atoms with Crippen LogP contribution >= 0.6 is 0 Å². The Hall–Kier alpha value is -5.05. The number of alkyl carbamates (subject to hydrolysis) is 1. The van der Waals surface area contributed by atoms with Gasteiger partial charge in [0.1, 0.15) is 23.3 Å². The topological polar surface area (TPSA) is 146 Å². The van der Waals surface area contributed by atoms with Gasteiger partial charge in [-0.05, 0) is 88.8 Å². The van der Waals surface area contributed by atoms with Gasteiger partial charge in [-0.3, -0.25) is 9.69 Å². The van der Waals surface area contributed by atoms with Crippen molar-refractivity contribution >= 4 is 40.2 Å². The van der Waals surface area contributed by atoms with Gasteiger partial charge in [0.25, 0.3) is 0 Å². The number of hydrogen-bond donors (Lipinski definition) is 3. The summed E-state index contributed by atoms with van der Waals surface area (Å²) in [5.41, 5.74) is 4.37. The van der Waals surface area contributed by atoms with E-state index >= 15 is 0 Å². The van der Waals surface area contributed by atoms with Crippen molar-refractivity contribution in [3.63, 3.8) is 0 Å². The molecule has 0 unspecified atom stereocenters. The summed E-state index contributed by atoms with van der Waals surface area (Å²) in [5, 5.41) is 2.69. The zero-order chi connectivity index (χ0) is 34.2. The number of carbonyl (C=O) groups excluding carboxylic acids is 3. The van der Waals surface area contributed by atoms with E-state index in [2.05, 4.69) is 27.1 Å². The molecule has 12 heteroatoms. The normalized spacial score (nSPS) is 18.6.